The maximum atomic E-state index is 12.2. The quantitative estimate of drug-likeness (QED) is 0.700. The molecule has 0 radical (unpaired) electrons. The number of nitrogens with one attached hydrogen (secondary N) is 1. The van der Waals surface area contributed by atoms with E-state index in [1.54, 1.807) is 0 Å². The van der Waals surface area contributed by atoms with Gasteiger partial charge in [0.2, 0.25) is 0 Å². The van der Waals surface area contributed by atoms with Crippen LogP contribution in [-0.4, -0.2) is 48.7 Å². The van der Waals surface area contributed by atoms with E-state index in [0.29, 0.717) is 12.1 Å². The van der Waals surface area contributed by atoms with Gasteiger partial charge in [0.25, 0.3) is 0 Å². The standard InChI is InChI=1S/C17H34N2O2/c1-6-11-18-17(4,16(20)21-5)13-14(3)19-12-9-8-10-15(19)7-2/h14-15,18H,6-13H2,1-5H3. The maximum Gasteiger partial charge on any atom is 0.325 e. The lowest BCUT2D eigenvalue weighted by molar-refractivity contribution is -0.149. The van der Waals surface area contributed by atoms with Gasteiger partial charge in [0.15, 0.2) is 0 Å². The maximum absolute atomic E-state index is 12.2. The second-order valence-corrected chi connectivity index (χ2v) is 6.60. The van der Waals surface area contributed by atoms with E-state index in [2.05, 4.69) is 31.0 Å². The molecule has 3 unspecified atom stereocenters. The van der Waals surface area contributed by atoms with Crippen molar-refractivity contribution in [3.8, 4) is 0 Å². The summed E-state index contributed by atoms with van der Waals surface area (Å²) in [5.74, 6) is -0.146. The van der Waals surface area contributed by atoms with Crippen molar-refractivity contribution in [3.05, 3.63) is 0 Å². The van der Waals surface area contributed by atoms with Crippen molar-refractivity contribution in [2.75, 3.05) is 20.2 Å². The number of piperidine rings is 1. The molecular weight excluding hydrogens is 264 g/mol. The van der Waals surface area contributed by atoms with Gasteiger partial charge in [-0.2, -0.15) is 0 Å². The Balaban J connectivity index is 2.74. The minimum absolute atomic E-state index is 0.146. The SMILES string of the molecule is CCCNC(C)(CC(C)N1CCCCC1CC)C(=O)OC. The van der Waals surface area contributed by atoms with E-state index in [4.69, 9.17) is 4.74 Å². The highest BCUT2D eigenvalue weighted by molar-refractivity contribution is 5.80. The lowest BCUT2D eigenvalue weighted by Gasteiger charge is -2.42. The summed E-state index contributed by atoms with van der Waals surface area (Å²) >= 11 is 0. The predicted octanol–water partition coefficient (Wildman–Crippen LogP) is 2.96. The van der Waals surface area contributed by atoms with Gasteiger partial charge in [-0.3, -0.25) is 9.69 Å². The average Bonchev–Trinajstić information content (AvgIpc) is 2.51. The molecule has 0 amide bonds. The van der Waals surface area contributed by atoms with Crippen LogP contribution in [0.3, 0.4) is 0 Å². The number of carbonyl (C=O) groups excluding carboxylic acids is 1. The van der Waals surface area contributed by atoms with Gasteiger partial charge in [0.05, 0.1) is 7.11 Å². The van der Waals surface area contributed by atoms with Gasteiger partial charge in [-0.25, -0.2) is 0 Å². The lowest BCUT2D eigenvalue weighted by atomic mass is 9.89. The molecule has 1 saturated heterocycles. The zero-order chi connectivity index (χ0) is 15.9. The van der Waals surface area contributed by atoms with Gasteiger partial charge in [-0.1, -0.05) is 20.3 Å². The van der Waals surface area contributed by atoms with E-state index >= 15 is 0 Å². The second-order valence-electron chi connectivity index (χ2n) is 6.60. The van der Waals surface area contributed by atoms with E-state index in [9.17, 15) is 4.79 Å². The molecule has 1 N–H and O–H groups in total. The average molecular weight is 298 g/mol. The van der Waals surface area contributed by atoms with Crippen LogP contribution in [0.2, 0.25) is 0 Å². The summed E-state index contributed by atoms with van der Waals surface area (Å²) in [6.45, 7) is 10.6. The van der Waals surface area contributed by atoms with E-state index in [1.165, 1.54) is 32.8 Å². The van der Waals surface area contributed by atoms with Gasteiger partial charge in [0, 0.05) is 12.1 Å². The highest BCUT2D eigenvalue weighted by Gasteiger charge is 2.38. The predicted molar refractivity (Wildman–Crippen MR) is 87.4 cm³/mol. The number of hydrogen-bond acceptors (Lipinski definition) is 4. The van der Waals surface area contributed by atoms with Crippen LogP contribution in [0.4, 0.5) is 0 Å². The number of ether oxygens (including phenoxy) is 1. The molecule has 21 heavy (non-hydrogen) atoms. The monoisotopic (exact) mass is 298 g/mol. The van der Waals surface area contributed by atoms with Crippen LogP contribution in [0.5, 0.6) is 0 Å². The molecule has 1 aliphatic heterocycles. The van der Waals surface area contributed by atoms with E-state index in [-0.39, 0.29) is 5.97 Å². The topological polar surface area (TPSA) is 41.6 Å². The van der Waals surface area contributed by atoms with Gasteiger partial charge < -0.3 is 10.1 Å². The first-order valence-electron chi connectivity index (χ1n) is 8.57. The van der Waals surface area contributed by atoms with E-state index < -0.39 is 5.54 Å². The molecule has 4 nitrogen and oxygen atoms in total. The first-order chi connectivity index (χ1) is 9.98. The molecule has 0 bridgehead atoms. The first-order valence-corrected chi connectivity index (χ1v) is 8.57. The highest BCUT2D eigenvalue weighted by Crippen LogP contribution is 2.26. The molecule has 0 aromatic carbocycles. The molecule has 0 spiro atoms. The number of esters is 1. The largest absolute Gasteiger partial charge is 0.468 e. The molecule has 1 aliphatic rings. The number of carbonyl (C=O) groups is 1. The molecule has 1 fully saturated rings. The zero-order valence-electron chi connectivity index (χ0n) is 14.6. The molecule has 0 aromatic heterocycles. The van der Waals surface area contributed by atoms with Crippen molar-refractivity contribution in [1.82, 2.24) is 10.2 Å². The summed E-state index contributed by atoms with van der Waals surface area (Å²) in [5, 5.41) is 3.40. The number of rotatable bonds is 8. The van der Waals surface area contributed by atoms with Gasteiger partial charge >= 0.3 is 5.97 Å². The third-order valence-electron chi connectivity index (χ3n) is 4.81. The Labute approximate surface area is 130 Å². The molecule has 0 aromatic rings. The minimum Gasteiger partial charge on any atom is -0.468 e. The van der Waals surface area contributed by atoms with Crippen molar-refractivity contribution >= 4 is 5.97 Å². The summed E-state index contributed by atoms with van der Waals surface area (Å²) in [5.41, 5.74) is -0.583. The Morgan fingerprint density at radius 1 is 1.43 bits per heavy atom. The van der Waals surface area contributed by atoms with Gasteiger partial charge in [-0.15, -0.1) is 0 Å². The lowest BCUT2D eigenvalue weighted by Crippen LogP contribution is -2.56. The highest BCUT2D eigenvalue weighted by atomic mass is 16.5. The van der Waals surface area contributed by atoms with Crippen molar-refractivity contribution in [2.24, 2.45) is 0 Å². The van der Waals surface area contributed by atoms with Crippen LogP contribution >= 0.6 is 0 Å². The Morgan fingerprint density at radius 3 is 2.71 bits per heavy atom. The van der Waals surface area contributed by atoms with E-state index in [1.807, 2.05) is 6.92 Å². The molecular formula is C17H34N2O2. The fourth-order valence-electron chi connectivity index (χ4n) is 3.60. The summed E-state index contributed by atoms with van der Waals surface area (Å²) in [6.07, 6.45) is 6.92. The zero-order valence-corrected chi connectivity index (χ0v) is 14.6. The molecule has 1 heterocycles. The molecule has 4 heteroatoms. The molecule has 124 valence electrons. The third-order valence-corrected chi connectivity index (χ3v) is 4.81. The van der Waals surface area contributed by atoms with Gasteiger partial charge in [0.1, 0.15) is 5.54 Å². The van der Waals surface area contributed by atoms with Crippen LogP contribution in [0, 0.1) is 0 Å². The van der Waals surface area contributed by atoms with Crippen LogP contribution < -0.4 is 5.32 Å². The van der Waals surface area contributed by atoms with Crippen molar-refractivity contribution < 1.29 is 9.53 Å². The molecule has 0 aliphatic carbocycles. The molecule has 1 rings (SSSR count). The normalized spacial score (nSPS) is 24.3. The molecule has 0 saturated carbocycles. The number of methoxy groups -OCH3 is 1. The van der Waals surface area contributed by atoms with Crippen molar-refractivity contribution in [3.63, 3.8) is 0 Å². The van der Waals surface area contributed by atoms with Crippen LogP contribution in [0.1, 0.15) is 66.2 Å². The summed E-state index contributed by atoms with van der Waals surface area (Å²) in [6, 6.07) is 1.06. The van der Waals surface area contributed by atoms with Gasteiger partial charge in [-0.05, 0) is 59.0 Å². The third kappa shape index (κ3) is 4.96. The number of hydrogen-bond donors (Lipinski definition) is 1. The van der Waals surface area contributed by atoms with E-state index in [0.717, 1.165) is 25.9 Å². The summed E-state index contributed by atoms with van der Waals surface area (Å²) < 4.78 is 5.03. The van der Waals surface area contributed by atoms with Crippen molar-refractivity contribution in [1.29, 1.82) is 0 Å². The Hall–Kier alpha value is -0.610. The number of likely N-dealkylation sites (tertiary alicyclic amines) is 1. The smallest absolute Gasteiger partial charge is 0.325 e. The molecule has 3 atom stereocenters. The first kappa shape index (κ1) is 18.4. The number of nitrogens with zero attached hydrogens (tertiary/aromatic N) is 1. The van der Waals surface area contributed by atoms with Crippen LogP contribution in [0.25, 0.3) is 0 Å². The van der Waals surface area contributed by atoms with Crippen LogP contribution in [0.15, 0.2) is 0 Å². The second kappa shape index (κ2) is 8.74. The Kier molecular flexibility index (Phi) is 7.67. The Bertz CT molecular complexity index is 322. The minimum atomic E-state index is -0.583. The fraction of sp³-hybridized carbons (Fsp3) is 0.941. The summed E-state index contributed by atoms with van der Waals surface area (Å²) in [4.78, 5) is 14.8. The Morgan fingerprint density at radius 2 is 2.14 bits per heavy atom. The summed E-state index contributed by atoms with van der Waals surface area (Å²) in [7, 11) is 1.48. The van der Waals surface area contributed by atoms with Crippen molar-refractivity contribution in [2.45, 2.75) is 83.8 Å². The fourth-order valence-corrected chi connectivity index (χ4v) is 3.60. The van der Waals surface area contributed by atoms with Crippen LogP contribution in [-0.2, 0) is 9.53 Å².